The minimum Gasteiger partial charge on any atom is -0.452 e. The number of carbonyl (C=O) groups excluding carboxylic acids is 2. The number of carbonyl (C=O) groups is 2. The highest BCUT2D eigenvalue weighted by Crippen LogP contribution is 2.34. The Bertz CT molecular complexity index is 971. The van der Waals surface area contributed by atoms with E-state index in [1.54, 1.807) is 0 Å². The first-order valence-electron chi connectivity index (χ1n) is 7.42. The van der Waals surface area contributed by atoms with E-state index in [2.05, 4.69) is 0 Å². The third kappa shape index (κ3) is 5.55. The van der Waals surface area contributed by atoms with Crippen molar-refractivity contribution in [3.63, 3.8) is 0 Å². The number of anilines is 1. The number of alkyl halides is 3. The van der Waals surface area contributed by atoms with Crippen molar-refractivity contribution in [3.8, 4) is 0 Å². The molecule has 0 aromatic heterocycles. The van der Waals surface area contributed by atoms with Gasteiger partial charge in [0, 0.05) is 6.26 Å². The molecule has 0 heterocycles. The number of amides is 1. The smallest absolute Gasteiger partial charge is 0.418 e. The maximum Gasteiger partial charge on any atom is 0.418 e. The largest absolute Gasteiger partial charge is 0.452 e. The molecule has 2 rings (SSSR count). The van der Waals surface area contributed by atoms with Crippen LogP contribution in [0.15, 0.2) is 53.4 Å². The monoisotopic (exact) mass is 401 g/mol. The Kier molecular flexibility index (Phi) is 5.89. The number of rotatable bonds is 5. The number of nitrogens with one attached hydrogen (secondary N) is 1. The zero-order valence-electron chi connectivity index (χ0n) is 13.9. The van der Waals surface area contributed by atoms with Crippen molar-refractivity contribution in [2.75, 3.05) is 18.2 Å². The van der Waals surface area contributed by atoms with Gasteiger partial charge in [-0.05, 0) is 30.3 Å². The van der Waals surface area contributed by atoms with E-state index in [9.17, 15) is 31.2 Å². The highest BCUT2D eigenvalue weighted by molar-refractivity contribution is 7.90. The molecule has 10 heteroatoms. The van der Waals surface area contributed by atoms with Gasteiger partial charge in [0.1, 0.15) is 0 Å². The lowest BCUT2D eigenvalue weighted by atomic mass is 10.1. The van der Waals surface area contributed by atoms with Crippen molar-refractivity contribution >= 4 is 27.4 Å². The molecule has 0 spiro atoms. The summed E-state index contributed by atoms with van der Waals surface area (Å²) < 4.78 is 66.3. The molecule has 0 radical (unpaired) electrons. The van der Waals surface area contributed by atoms with Crippen LogP contribution >= 0.6 is 0 Å². The molecule has 1 N–H and O–H groups in total. The fourth-order valence-electron chi connectivity index (χ4n) is 2.09. The lowest BCUT2D eigenvalue weighted by Gasteiger charge is -2.13. The Labute approximate surface area is 152 Å². The van der Waals surface area contributed by atoms with Gasteiger partial charge in [0.05, 0.1) is 21.7 Å². The molecule has 6 nitrogen and oxygen atoms in total. The first-order chi connectivity index (χ1) is 12.5. The fourth-order valence-corrected chi connectivity index (χ4v) is 2.76. The van der Waals surface area contributed by atoms with Crippen LogP contribution in [0.5, 0.6) is 0 Å². The number of esters is 1. The molecule has 27 heavy (non-hydrogen) atoms. The second-order valence-electron chi connectivity index (χ2n) is 5.47. The predicted molar refractivity (Wildman–Crippen MR) is 89.9 cm³/mol. The minimum absolute atomic E-state index is 0.110. The summed E-state index contributed by atoms with van der Waals surface area (Å²) in [6.07, 6.45) is -3.70. The molecule has 0 aliphatic heterocycles. The molecule has 0 unspecified atom stereocenters. The van der Waals surface area contributed by atoms with Crippen LogP contribution in [0, 0.1) is 0 Å². The lowest BCUT2D eigenvalue weighted by Crippen LogP contribution is -2.22. The topological polar surface area (TPSA) is 89.5 Å². The number of ether oxygens (including phenoxy) is 1. The molecule has 0 bridgehead atoms. The van der Waals surface area contributed by atoms with Gasteiger partial charge in [-0.2, -0.15) is 13.2 Å². The van der Waals surface area contributed by atoms with Crippen molar-refractivity contribution in [1.29, 1.82) is 0 Å². The van der Waals surface area contributed by atoms with Crippen LogP contribution in [0.3, 0.4) is 0 Å². The van der Waals surface area contributed by atoms with Gasteiger partial charge in [-0.3, -0.25) is 4.79 Å². The van der Waals surface area contributed by atoms with E-state index in [-0.39, 0.29) is 10.5 Å². The van der Waals surface area contributed by atoms with Crippen LogP contribution in [0.2, 0.25) is 0 Å². The van der Waals surface area contributed by atoms with Gasteiger partial charge in [0.2, 0.25) is 0 Å². The molecular weight excluding hydrogens is 387 g/mol. The average Bonchev–Trinajstić information content (AvgIpc) is 2.58. The Morgan fingerprint density at radius 3 is 2.37 bits per heavy atom. The minimum atomic E-state index is -4.66. The summed E-state index contributed by atoms with van der Waals surface area (Å²) in [7, 11) is -3.54. The molecule has 2 aromatic carbocycles. The third-order valence-electron chi connectivity index (χ3n) is 3.34. The normalized spacial score (nSPS) is 11.7. The molecule has 2 aromatic rings. The van der Waals surface area contributed by atoms with Crippen LogP contribution in [0.4, 0.5) is 18.9 Å². The highest BCUT2D eigenvalue weighted by Gasteiger charge is 2.33. The third-order valence-corrected chi connectivity index (χ3v) is 4.45. The van der Waals surface area contributed by atoms with Crippen LogP contribution in [0.25, 0.3) is 0 Å². The molecule has 144 valence electrons. The first kappa shape index (κ1) is 20.4. The Balaban J connectivity index is 2.04. The summed E-state index contributed by atoms with van der Waals surface area (Å²) in [5.41, 5.74) is -1.61. The van der Waals surface area contributed by atoms with E-state index in [1.807, 2.05) is 5.32 Å². The fraction of sp³-hybridized carbons (Fsp3) is 0.176. The van der Waals surface area contributed by atoms with Crippen molar-refractivity contribution in [2.24, 2.45) is 0 Å². The van der Waals surface area contributed by atoms with Crippen LogP contribution in [-0.4, -0.2) is 33.2 Å². The Morgan fingerprint density at radius 2 is 1.74 bits per heavy atom. The first-order valence-corrected chi connectivity index (χ1v) is 9.31. The second kappa shape index (κ2) is 7.78. The van der Waals surface area contributed by atoms with Gasteiger partial charge in [-0.15, -0.1) is 0 Å². The molecule has 0 aliphatic rings. The second-order valence-corrected chi connectivity index (χ2v) is 7.48. The van der Waals surface area contributed by atoms with Gasteiger partial charge in [-0.1, -0.05) is 18.2 Å². The molecule has 0 saturated carbocycles. The average molecular weight is 401 g/mol. The standard InChI is InChI=1S/C17H14F3NO5S/c1-27(24,25)12-6-4-5-11(9-12)16(23)26-10-15(22)21-14-8-3-2-7-13(14)17(18,19)20/h2-9H,10H2,1H3,(H,21,22). The van der Waals surface area contributed by atoms with E-state index in [1.165, 1.54) is 30.3 Å². The summed E-state index contributed by atoms with van der Waals surface area (Å²) in [6, 6.07) is 9.33. The van der Waals surface area contributed by atoms with Crippen molar-refractivity contribution in [3.05, 3.63) is 59.7 Å². The summed E-state index contributed by atoms with van der Waals surface area (Å²) in [5.74, 6) is -1.96. The summed E-state index contributed by atoms with van der Waals surface area (Å²) in [6.45, 7) is -0.839. The zero-order chi connectivity index (χ0) is 20.2. The lowest BCUT2D eigenvalue weighted by molar-refractivity contribution is -0.137. The number of hydrogen-bond acceptors (Lipinski definition) is 5. The van der Waals surface area contributed by atoms with E-state index < -0.39 is 45.7 Å². The quantitative estimate of drug-likeness (QED) is 0.779. The molecular formula is C17H14F3NO5S. The summed E-state index contributed by atoms with van der Waals surface area (Å²) >= 11 is 0. The van der Waals surface area contributed by atoms with Crippen LogP contribution < -0.4 is 5.32 Å². The molecule has 0 aliphatic carbocycles. The molecule has 1 amide bonds. The zero-order valence-corrected chi connectivity index (χ0v) is 14.7. The van der Waals surface area contributed by atoms with E-state index in [4.69, 9.17) is 4.74 Å². The Morgan fingerprint density at radius 1 is 1.07 bits per heavy atom. The van der Waals surface area contributed by atoms with Gasteiger partial charge in [0.15, 0.2) is 16.4 Å². The summed E-state index contributed by atoms with van der Waals surface area (Å²) in [4.78, 5) is 23.6. The number of hydrogen-bond donors (Lipinski definition) is 1. The van der Waals surface area contributed by atoms with Crippen molar-refractivity contribution in [1.82, 2.24) is 0 Å². The van der Waals surface area contributed by atoms with Crippen LogP contribution in [-0.2, 0) is 25.5 Å². The molecule has 0 fully saturated rings. The predicted octanol–water partition coefficient (Wildman–Crippen LogP) is 2.90. The highest BCUT2D eigenvalue weighted by atomic mass is 32.2. The number of sulfone groups is 1. The number of benzene rings is 2. The van der Waals surface area contributed by atoms with Gasteiger partial charge >= 0.3 is 12.1 Å². The van der Waals surface area contributed by atoms with Crippen molar-refractivity contribution < 1.29 is 35.9 Å². The van der Waals surface area contributed by atoms with E-state index >= 15 is 0 Å². The number of halogens is 3. The van der Waals surface area contributed by atoms with E-state index in [0.29, 0.717) is 0 Å². The maximum absolute atomic E-state index is 12.9. The SMILES string of the molecule is CS(=O)(=O)c1cccc(C(=O)OCC(=O)Nc2ccccc2C(F)(F)F)c1. The molecule has 0 atom stereocenters. The van der Waals surface area contributed by atoms with Crippen LogP contribution in [0.1, 0.15) is 15.9 Å². The van der Waals surface area contributed by atoms with E-state index in [0.717, 1.165) is 24.5 Å². The van der Waals surface area contributed by atoms with Gasteiger partial charge in [-0.25, -0.2) is 13.2 Å². The summed E-state index contributed by atoms with van der Waals surface area (Å²) in [5, 5.41) is 2.03. The molecule has 0 saturated heterocycles. The van der Waals surface area contributed by atoms with Gasteiger partial charge < -0.3 is 10.1 Å². The maximum atomic E-state index is 12.9. The van der Waals surface area contributed by atoms with Crippen molar-refractivity contribution in [2.45, 2.75) is 11.1 Å². The van der Waals surface area contributed by atoms with Gasteiger partial charge in [0.25, 0.3) is 5.91 Å². The number of para-hydroxylation sites is 1. The Hall–Kier alpha value is -2.88.